The van der Waals surface area contributed by atoms with Crippen molar-refractivity contribution < 1.29 is 8.42 Å². The molecule has 1 unspecified atom stereocenters. The van der Waals surface area contributed by atoms with E-state index in [1.165, 1.54) is 4.68 Å². The van der Waals surface area contributed by atoms with Gasteiger partial charge in [-0.15, -0.1) is 10.2 Å². The van der Waals surface area contributed by atoms with Gasteiger partial charge < -0.3 is 0 Å². The van der Waals surface area contributed by atoms with Crippen molar-refractivity contribution in [3.8, 4) is 5.69 Å². The highest BCUT2D eigenvalue weighted by Crippen LogP contribution is 2.29. The summed E-state index contributed by atoms with van der Waals surface area (Å²) in [6, 6.07) is 14.0. The third-order valence-corrected chi connectivity index (χ3v) is 6.65. The summed E-state index contributed by atoms with van der Waals surface area (Å²) < 4.78 is 29.0. The second kappa shape index (κ2) is 7.11. The molecule has 152 valence electrons. The van der Waals surface area contributed by atoms with Crippen molar-refractivity contribution >= 4 is 9.84 Å². The first-order valence-electron chi connectivity index (χ1n) is 9.31. The third kappa shape index (κ3) is 3.17. The predicted molar refractivity (Wildman–Crippen MR) is 106 cm³/mol. The van der Waals surface area contributed by atoms with Gasteiger partial charge in [-0.3, -0.25) is 5.32 Å². The van der Waals surface area contributed by atoms with Gasteiger partial charge in [-0.2, -0.15) is 0 Å². The zero-order valence-corrected chi connectivity index (χ0v) is 16.9. The molecule has 0 amide bonds. The van der Waals surface area contributed by atoms with Crippen molar-refractivity contribution in [2.45, 2.75) is 30.3 Å². The fourth-order valence-corrected chi connectivity index (χ4v) is 4.75. The highest BCUT2D eigenvalue weighted by Gasteiger charge is 2.29. The van der Waals surface area contributed by atoms with Gasteiger partial charge in [-0.05, 0) is 35.5 Å². The summed E-state index contributed by atoms with van der Waals surface area (Å²) in [5.74, 6) is 0.0575. The van der Waals surface area contributed by atoms with Crippen LogP contribution in [0.3, 0.4) is 0 Å². The Morgan fingerprint density at radius 1 is 1.10 bits per heavy atom. The van der Waals surface area contributed by atoms with E-state index in [1.807, 2.05) is 31.2 Å². The minimum atomic E-state index is -3.63. The fraction of sp³-hybridized carbons (Fsp3) is 0.211. The first-order valence-corrected chi connectivity index (χ1v) is 11.0. The first kappa shape index (κ1) is 18.6. The maximum absolute atomic E-state index is 12.9. The van der Waals surface area contributed by atoms with Crippen molar-refractivity contribution in [3.63, 3.8) is 0 Å². The number of hydrogen-bond acceptors (Lipinski definition) is 8. The smallest absolute Gasteiger partial charge is 0.198 e. The van der Waals surface area contributed by atoms with E-state index in [-0.39, 0.29) is 10.8 Å². The second-order valence-electron chi connectivity index (χ2n) is 7.10. The zero-order chi connectivity index (χ0) is 20.7. The van der Waals surface area contributed by atoms with E-state index >= 15 is 0 Å². The van der Waals surface area contributed by atoms with Crippen LogP contribution in [0.1, 0.15) is 28.7 Å². The van der Waals surface area contributed by atoms with Gasteiger partial charge in [0.05, 0.1) is 28.5 Å². The minimum absolute atomic E-state index is 0.231. The molecule has 1 N–H and O–H groups in total. The molecule has 1 atom stereocenters. The Labute approximate surface area is 172 Å². The standard InChI is InChI=1S/C19H18N8O2S/c1-13-6-8-15(9-7-13)30(28,29)12-26-19(22-23-25-26)18-16-4-2-3-5-17(16)27-14(10-20-18)11-21-24-27/h2-9,11,18,20H,10,12H2,1H3. The van der Waals surface area contributed by atoms with Crippen molar-refractivity contribution in [1.29, 1.82) is 0 Å². The van der Waals surface area contributed by atoms with Crippen LogP contribution in [-0.2, 0) is 22.3 Å². The van der Waals surface area contributed by atoms with Crippen LogP contribution in [0.15, 0.2) is 59.6 Å². The molecule has 3 heterocycles. The van der Waals surface area contributed by atoms with Gasteiger partial charge in [-0.25, -0.2) is 17.8 Å². The molecule has 0 aliphatic carbocycles. The lowest BCUT2D eigenvalue weighted by atomic mass is 10.0. The van der Waals surface area contributed by atoms with E-state index in [9.17, 15) is 8.42 Å². The number of nitrogens with zero attached hydrogens (tertiary/aromatic N) is 7. The Morgan fingerprint density at radius 2 is 1.90 bits per heavy atom. The number of tetrazole rings is 1. The van der Waals surface area contributed by atoms with Crippen LogP contribution in [0.2, 0.25) is 0 Å². The number of para-hydroxylation sites is 1. The first-order chi connectivity index (χ1) is 14.5. The van der Waals surface area contributed by atoms with Gasteiger partial charge in [0.1, 0.15) is 0 Å². The quantitative estimate of drug-likeness (QED) is 0.521. The molecule has 4 aromatic rings. The van der Waals surface area contributed by atoms with Crippen molar-refractivity contribution in [2.24, 2.45) is 0 Å². The van der Waals surface area contributed by atoms with Gasteiger partial charge >= 0.3 is 0 Å². The van der Waals surface area contributed by atoms with Crippen LogP contribution < -0.4 is 5.32 Å². The van der Waals surface area contributed by atoms with E-state index in [2.05, 4.69) is 31.2 Å². The SMILES string of the molecule is Cc1ccc(S(=O)(=O)Cn2nnnc2C2NCc3cnnn3-c3ccccc32)cc1. The van der Waals surface area contributed by atoms with Gasteiger partial charge in [0.2, 0.25) is 0 Å². The largest absolute Gasteiger partial charge is 0.298 e. The number of fused-ring (bicyclic) bond motifs is 3. The van der Waals surface area contributed by atoms with Crippen LogP contribution in [0, 0.1) is 6.92 Å². The Hall–Kier alpha value is -3.44. The van der Waals surface area contributed by atoms with Crippen molar-refractivity contribution in [1.82, 2.24) is 40.5 Å². The molecule has 5 rings (SSSR count). The average molecular weight is 422 g/mol. The predicted octanol–water partition coefficient (Wildman–Crippen LogP) is 1.19. The molecular formula is C19H18N8O2S. The summed E-state index contributed by atoms with van der Waals surface area (Å²) in [4.78, 5) is 0.231. The lowest BCUT2D eigenvalue weighted by Crippen LogP contribution is -2.26. The Morgan fingerprint density at radius 3 is 2.73 bits per heavy atom. The van der Waals surface area contributed by atoms with Crippen LogP contribution in [-0.4, -0.2) is 43.6 Å². The van der Waals surface area contributed by atoms with Crippen LogP contribution in [0.4, 0.5) is 0 Å². The lowest BCUT2D eigenvalue weighted by molar-refractivity contribution is 0.526. The molecule has 0 bridgehead atoms. The van der Waals surface area contributed by atoms with Crippen LogP contribution in [0.5, 0.6) is 0 Å². The monoisotopic (exact) mass is 422 g/mol. The summed E-state index contributed by atoms with van der Waals surface area (Å²) in [5, 5.41) is 23.4. The maximum atomic E-state index is 12.9. The van der Waals surface area contributed by atoms with E-state index in [1.54, 1.807) is 35.1 Å². The Balaban J connectivity index is 1.54. The third-order valence-electron chi connectivity index (χ3n) is 5.07. The molecule has 0 saturated carbocycles. The normalized spacial score (nSPS) is 16.0. The fourth-order valence-electron chi connectivity index (χ4n) is 3.54. The second-order valence-corrected chi connectivity index (χ2v) is 9.06. The lowest BCUT2D eigenvalue weighted by Gasteiger charge is -2.18. The highest BCUT2D eigenvalue weighted by molar-refractivity contribution is 7.90. The van der Waals surface area contributed by atoms with E-state index in [0.717, 1.165) is 22.5 Å². The topological polar surface area (TPSA) is 120 Å². The summed E-state index contributed by atoms with van der Waals surface area (Å²) >= 11 is 0. The molecule has 1 aliphatic rings. The molecule has 30 heavy (non-hydrogen) atoms. The molecular weight excluding hydrogens is 404 g/mol. The molecule has 10 nitrogen and oxygen atoms in total. The molecule has 0 fully saturated rings. The maximum Gasteiger partial charge on any atom is 0.198 e. The number of hydrogen-bond donors (Lipinski definition) is 1. The van der Waals surface area contributed by atoms with Crippen molar-refractivity contribution in [3.05, 3.63) is 77.4 Å². The summed E-state index contributed by atoms with van der Waals surface area (Å²) in [6.45, 7) is 2.38. The van der Waals surface area contributed by atoms with Gasteiger partial charge in [0.25, 0.3) is 0 Å². The molecule has 2 aromatic carbocycles. The van der Waals surface area contributed by atoms with E-state index in [4.69, 9.17) is 0 Å². The number of aryl methyl sites for hydroxylation is 1. The number of sulfone groups is 1. The molecule has 0 spiro atoms. The van der Waals surface area contributed by atoms with Gasteiger partial charge in [0, 0.05) is 12.1 Å². The molecule has 1 aliphatic heterocycles. The average Bonchev–Trinajstić information content (AvgIpc) is 3.36. The molecule has 2 aromatic heterocycles. The number of nitrogens with one attached hydrogen (secondary N) is 1. The van der Waals surface area contributed by atoms with Crippen molar-refractivity contribution in [2.75, 3.05) is 0 Å². The minimum Gasteiger partial charge on any atom is -0.298 e. The Bertz CT molecular complexity index is 1310. The molecule has 0 saturated heterocycles. The van der Waals surface area contributed by atoms with Gasteiger partial charge in [0.15, 0.2) is 21.5 Å². The Kier molecular flexibility index (Phi) is 4.40. The van der Waals surface area contributed by atoms with Crippen LogP contribution >= 0.6 is 0 Å². The number of benzene rings is 2. The van der Waals surface area contributed by atoms with E-state index in [0.29, 0.717) is 12.4 Å². The number of aromatic nitrogens is 7. The number of rotatable bonds is 4. The van der Waals surface area contributed by atoms with E-state index < -0.39 is 15.9 Å². The highest BCUT2D eigenvalue weighted by atomic mass is 32.2. The molecule has 0 radical (unpaired) electrons. The summed E-state index contributed by atoms with van der Waals surface area (Å²) in [6.07, 6.45) is 1.69. The summed E-state index contributed by atoms with van der Waals surface area (Å²) in [7, 11) is -3.63. The molecule has 11 heteroatoms. The summed E-state index contributed by atoms with van der Waals surface area (Å²) in [5.41, 5.74) is 3.60. The van der Waals surface area contributed by atoms with Crippen LogP contribution in [0.25, 0.3) is 5.69 Å². The zero-order valence-electron chi connectivity index (χ0n) is 16.0. The van der Waals surface area contributed by atoms with Gasteiger partial charge in [-0.1, -0.05) is 41.1 Å².